The van der Waals surface area contributed by atoms with Gasteiger partial charge in [-0.25, -0.2) is 4.79 Å². The number of fused-ring (bicyclic) bond motifs is 1. The standard InChI is InChI=1S/C19H22N2O4/c1-3-16(14-5-7-15(23-2)8-6-14)21-19(22)20-11-13-4-9-17-18(10-13)25-12-24-17/h4-10,16H,3,11-12H2,1-2H3,(H2,20,21,22). The van der Waals surface area contributed by atoms with E-state index in [-0.39, 0.29) is 18.9 Å². The van der Waals surface area contributed by atoms with Crippen LogP contribution in [0.25, 0.3) is 0 Å². The summed E-state index contributed by atoms with van der Waals surface area (Å²) >= 11 is 0. The molecule has 1 unspecified atom stereocenters. The molecule has 1 aliphatic rings. The Kier molecular flexibility index (Phi) is 5.28. The maximum atomic E-state index is 12.2. The van der Waals surface area contributed by atoms with Gasteiger partial charge in [-0.15, -0.1) is 0 Å². The Balaban J connectivity index is 1.55. The van der Waals surface area contributed by atoms with Crippen LogP contribution < -0.4 is 24.8 Å². The Labute approximate surface area is 147 Å². The third-order valence-electron chi connectivity index (χ3n) is 4.12. The minimum atomic E-state index is -0.208. The van der Waals surface area contributed by atoms with E-state index >= 15 is 0 Å². The molecular formula is C19H22N2O4. The predicted molar refractivity (Wildman–Crippen MR) is 94.0 cm³/mol. The fourth-order valence-electron chi connectivity index (χ4n) is 2.70. The quantitative estimate of drug-likeness (QED) is 0.844. The first kappa shape index (κ1) is 17.0. The number of carbonyl (C=O) groups is 1. The summed E-state index contributed by atoms with van der Waals surface area (Å²) in [6.45, 7) is 2.70. The molecule has 25 heavy (non-hydrogen) atoms. The molecule has 0 aliphatic carbocycles. The molecule has 132 valence electrons. The van der Waals surface area contributed by atoms with E-state index in [1.807, 2.05) is 49.4 Å². The Morgan fingerprint density at radius 2 is 1.92 bits per heavy atom. The number of hydrogen-bond donors (Lipinski definition) is 2. The third kappa shape index (κ3) is 4.15. The van der Waals surface area contributed by atoms with Gasteiger partial charge in [-0.05, 0) is 41.8 Å². The summed E-state index contributed by atoms with van der Waals surface area (Å²) < 4.78 is 15.8. The van der Waals surface area contributed by atoms with Gasteiger partial charge < -0.3 is 24.8 Å². The molecule has 1 heterocycles. The largest absolute Gasteiger partial charge is 0.497 e. The molecular weight excluding hydrogens is 320 g/mol. The maximum absolute atomic E-state index is 12.2. The second kappa shape index (κ2) is 7.79. The van der Waals surface area contributed by atoms with E-state index in [1.54, 1.807) is 7.11 Å². The van der Waals surface area contributed by atoms with Crippen LogP contribution in [0.2, 0.25) is 0 Å². The van der Waals surface area contributed by atoms with Crippen molar-refractivity contribution in [1.29, 1.82) is 0 Å². The molecule has 0 bridgehead atoms. The van der Waals surface area contributed by atoms with Crippen molar-refractivity contribution in [3.05, 3.63) is 53.6 Å². The van der Waals surface area contributed by atoms with E-state index in [9.17, 15) is 4.79 Å². The molecule has 3 rings (SSSR count). The van der Waals surface area contributed by atoms with E-state index < -0.39 is 0 Å². The van der Waals surface area contributed by atoms with Gasteiger partial charge in [0.1, 0.15) is 5.75 Å². The summed E-state index contributed by atoms with van der Waals surface area (Å²) in [5.41, 5.74) is 2.00. The van der Waals surface area contributed by atoms with E-state index in [2.05, 4.69) is 10.6 Å². The molecule has 2 amide bonds. The highest BCUT2D eigenvalue weighted by atomic mass is 16.7. The van der Waals surface area contributed by atoms with Gasteiger partial charge in [0.25, 0.3) is 0 Å². The molecule has 0 aromatic heterocycles. The van der Waals surface area contributed by atoms with Crippen molar-refractivity contribution in [2.24, 2.45) is 0 Å². The molecule has 2 aromatic carbocycles. The van der Waals surface area contributed by atoms with Crippen LogP contribution in [0.4, 0.5) is 4.79 Å². The van der Waals surface area contributed by atoms with Gasteiger partial charge in [0.15, 0.2) is 11.5 Å². The number of methoxy groups -OCH3 is 1. The van der Waals surface area contributed by atoms with Crippen molar-refractivity contribution in [3.63, 3.8) is 0 Å². The number of amides is 2. The zero-order chi connectivity index (χ0) is 17.6. The topological polar surface area (TPSA) is 68.8 Å². The van der Waals surface area contributed by atoms with Crippen molar-refractivity contribution in [2.45, 2.75) is 25.9 Å². The fourth-order valence-corrected chi connectivity index (χ4v) is 2.70. The number of rotatable bonds is 6. The average molecular weight is 342 g/mol. The smallest absolute Gasteiger partial charge is 0.315 e. The van der Waals surface area contributed by atoms with Crippen molar-refractivity contribution < 1.29 is 19.0 Å². The molecule has 0 saturated heterocycles. The van der Waals surface area contributed by atoms with Gasteiger partial charge in [0, 0.05) is 6.54 Å². The number of nitrogens with one attached hydrogen (secondary N) is 2. The highest BCUT2D eigenvalue weighted by Crippen LogP contribution is 2.32. The molecule has 0 spiro atoms. The van der Waals surface area contributed by atoms with Crippen LogP contribution in [0, 0.1) is 0 Å². The first-order chi connectivity index (χ1) is 12.2. The Hall–Kier alpha value is -2.89. The fraction of sp³-hybridized carbons (Fsp3) is 0.316. The van der Waals surface area contributed by atoms with Gasteiger partial charge in [-0.3, -0.25) is 0 Å². The Bertz CT molecular complexity index is 731. The lowest BCUT2D eigenvalue weighted by Gasteiger charge is -2.18. The lowest BCUT2D eigenvalue weighted by atomic mass is 10.0. The molecule has 2 N–H and O–H groups in total. The molecule has 0 fully saturated rings. The molecule has 6 nitrogen and oxygen atoms in total. The number of ether oxygens (including phenoxy) is 3. The second-order valence-corrected chi connectivity index (χ2v) is 5.75. The van der Waals surface area contributed by atoms with E-state index in [1.165, 1.54) is 0 Å². The zero-order valence-corrected chi connectivity index (χ0v) is 14.4. The predicted octanol–water partition coefficient (Wildman–Crippen LogP) is 3.37. The summed E-state index contributed by atoms with van der Waals surface area (Å²) in [6, 6.07) is 13.1. The molecule has 0 saturated carbocycles. The maximum Gasteiger partial charge on any atom is 0.315 e. The summed E-state index contributed by atoms with van der Waals surface area (Å²) in [5.74, 6) is 2.24. The normalized spacial score (nSPS) is 13.2. The number of benzene rings is 2. The molecule has 2 aromatic rings. The number of carbonyl (C=O) groups excluding carboxylic acids is 1. The third-order valence-corrected chi connectivity index (χ3v) is 4.12. The Morgan fingerprint density at radius 3 is 2.64 bits per heavy atom. The first-order valence-electron chi connectivity index (χ1n) is 8.26. The van der Waals surface area contributed by atoms with Crippen LogP contribution >= 0.6 is 0 Å². The van der Waals surface area contributed by atoms with Crippen LogP contribution in [0.15, 0.2) is 42.5 Å². The zero-order valence-electron chi connectivity index (χ0n) is 14.4. The summed E-state index contributed by atoms with van der Waals surface area (Å²) in [7, 11) is 1.63. The van der Waals surface area contributed by atoms with Crippen LogP contribution in [-0.2, 0) is 6.54 Å². The first-order valence-corrected chi connectivity index (χ1v) is 8.26. The van der Waals surface area contributed by atoms with Crippen molar-refractivity contribution in [2.75, 3.05) is 13.9 Å². The Morgan fingerprint density at radius 1 is 1.16 bits per heavy atom. The van der Waals surface area contributed by atoms with Crippen molar-refractivity contribution in [3.8, 4) is 17.2 Å². The van der Waals surface area contributed by atoms with Gasteiger partial charge in [0.05, 0.1) is 13.2 Å². The van der Waals surface area contributed by atoms with Crippen molar-refractivity contribution in [1.82, 2.24) is 10.6 Å². The monoisotopic (exact) mass is 342 g/mol. The summed E-state index contributed by atoms with van der Waals surface area (Å²) in [4.78, 5) is 12.2. The number of urea groups is 1. The van der Waals surface area contributed by atoms with Crippen LogP contribution in [-0.4, -0.2) is 19.9 Å². The minimum absolute atomic E-state index is 0.0531. The van der Waals surface area contributed by atoms with E-state index in [4.69, 9.17) is 14.2 Å². The van der Waals surface area contributed by atoms with Crippen LogP contribution in [0.1, 0.15) is 30.5 Å². The van der Waals surface area contributed by atoms with E-state index in [0.717, 1.165) is 29.0 Å². The highest BCUT2D eigenvalue weighted by Gasteiger charge is 2.15. The summed E-state index contributed by atoms with van der Waals surface area (Å²) in [5, 5.41) is 5.87. The minimum Gasteiger partial charge on any atom is -0.497 e. The van der Waals surface area contributed by atoms with Crippen LogP contribution in [0.3, 0.4) is 0 Å². The second-order valence-electron chi connectivity index (χ2n) is 5.75. The van der Waals surface area contributed by atoms with E-state index in [0.29, 0.717) is 12.3 Å². The molecule has 6 heteroatoms. The van der Waals surface area contributed by atoms with Gasteiger partial charge in [0.2, 0.25) is 6.79 Å². The molecule has 0 radical (unpaired) electrons. The molecule has 1 atom stereocenters. The van der Waals surface area contributed by atoms with Gasteiger partial charge >= 0.3 is 6.03 Å². The van der Waals surface area contributed by atoms with Crippen molar-refractivity contribution >= 4 is 6.03 Å². The highest BCUT2D eigenvalue weighted by molar-refractivity contribution is 5.74. The van der Waals surface area contributed by atoms with Crippen LogP contribution in [0.5, 0.6) is 17.2 Å². The SMILES string of the molecule is CCC(NC(=O)NCc1ccc2c(c1)OCO2)c1ccc(OC)cc1. The van der Waals surface area contributed by atoms with Gasteiger partial charge in [-0.2, -0.15) is 0 Å². The summed E-state index contributed by atoms with van der Waals surface area (Å²) in [6.07, 6.45) is 0.795. The lowest BCUT2D eigenvalue weighted by Crippen LogP contribution is -2.37. The number of hydrogen-bond acceptors (Lipinski definition) is 4. The average Bonchev–Trinajstić information content (AvgIpc) is 3.12. The van der Waals surface area contributed by atoms with Gasteiger partial charge in [-0.1, -0.05) is 25.1 Å². The lowest BCUT2D eigenvalue weighted by molar-refractivity contribution is 0.174. The molecule has 1 aliphatic heterocycles.